The van der Waals surface area contributed by atoms with E-state index in [2.05, 4.69) is 44.9 Å². The Morgan fingerprint density at radius 2 is 1.81 bits per heavy atom. The standard InChI is InChI=1S/C19H25N5O4S3/c1-5-20-31(27,28)18-14(25)13(11-29-18)21-16-17(24-30(26)23-16)22-15(19(2,3)4)12-9-7-6-8-10-12/h6-11,15,20,25H,5H2,1-4H3,(H,21,23)(H,22,24)/t15-,30?/m0/s1. The van der Waals surface area contributed by atoms with Crippen LogP contribution in [0.5, 0.6) is 5.75 Å². The van der Waals surface area contributed by atoms with Gasteiger partial charge in [0.05, 0.1) is 11.7 Å². The molecule has 0 radical (unpaired) electrons. The van der Waals surface area contributed by atoms with E-state index < -0.39 is 26.9 Å². The van der Waals surface area contributed by atoms with Gasteiger partial charge >= 0.3 is 0 Å². The van der Waals surface area contributed by atoms with E-state index >= 15 is 0 Å². The summed E-state index contributed by atoms with van der Waals surface area (Å²) in [6, 6.07) is 9.61. The number of sulfonamides is 1. The molecule has 0 fully saturated rings. The van der Waals surface area contributed by atoms with Gasteiger partial charge in [0.15, 0.2) is 21.6 Å². The highest BCUT2D eigenvalue weighted by atomic mass is 32.2. The van der Waals surface area contributed by atoms with Crippen LogP contribution in [0, 0.1) is 5.41 Å². The lowest BCUT2D eigenvalue weighted by Gasteiger charge is -2.32. The van der Waals surface area contributed by atoms with Crippen LogP contribution in [0.4, 0.5) is 5.69 Å². The molecule has 0 aliphatic carbocycles. The Labute approximate surface area is 188 Å². The van der Waals surface area contributed by atoms with Crippen molar-refractivity contribution in [2.24, 2.45) is 14.2 Å². The van der Waals surface area contributed by atoms with E-state index in [0.29, 0.717) is 0 Å². The van der Waals surface area contributed by atoms with Gasteiger partial charge in [-0.15, -0.1) is 20.1 Å². The lowest BCUT2D eigenvalue weighted by Crippen LogP contribution is -2.41. The van der Waals surface area contributed by atoms with Gasteiger partial charge < -0.3 is 15.7 Å². The molecule has 1 aromatic carbocycles. The van der Waals surface area contributed by atoms with E-state index in [0.717, 1.165) is 16.9 Å². The second kappa shape index (κ2) is 9.07. The van der Waals surface area contributed by atoms with Crippen LogP contribution < -0.4 is 15.4 Å². The van der Waals surface area contributed by atoms with Crippen LogP contribution in [0.15, 0.2) is 48.7 Å². The van der Waals surface area contributed by atoms with Crippen molar-refractivity contribution in [3.05, 3.63) is 41.3 Å². The highest BCUT2D eigenvalue weighted by molar-refractivity contribution is 7.91. The van der Waals surface area contributed by atoms with E-state index in [1.54, 1.807) is 6.92 Å². The summed E-state index contributed by atoms with van der Waals surface area (Å²) < 4.78 is 46.7. The van der Waals surface area contributed by atoms with Crippen molar-refractivity contribution in [2.45, 2.75) is 37.9 Å². The Morgan fingerprint density at radius 1 is 1.16 bits per heavy atom. The van der Waals surface area contributed by atoms with Gasteiger partial charge in [-0.25, -0.2) is 17.3 Å². The van der Waals surface area contributed by atoms with Crippen molar-refractivity contribution in [1.82, 2.24) is 10.0 Å². The minimum Gasteiger partial charge on any atom is -0.504 e. The van der Waals surface area contributed by atoms with Crippen molar-refractivity contribution in [3.8, 4) is 5.75 Å². The van der Waals surface area contributed by atoms with E-state index in [-0.39, 0.29) is 39.6 Å². The molecular formula is C19H25N5O4S3. The van der Waals surface area contributed by atoms with Crippen molar-refractivity contribution in [3.63, 3.8) is 0 Å². The molecule has 2 heterocycles. The lowest BCUT2D eigenvalue weighted by atomic mass is 9.82. The molecule has 2 aromatic rings. The van der Waals surface area contributed by atoms with Crippen LogP contribution in [0.1, 0.15) is 39.3 Å². The van der Waals surface area contributed by atoms with Crippen LogP contribution in [0.3, 0.4) is 0 Å². The zero-order chi connectivity index (χ0) is 22.8. The van der Waals surface area contributed by atoms with Gasteiger partial charge in [-0.3, -0.25) is 0 Å². The maximum atomic E-state index is 12.2. The Bertz CT molecular complexity index is 1140. The van der Waals surface area contributed by atoms with Crippen LogP contribution in [-0.2, 0) is 21.2 Å². The normalized spacial score (nSPS) is 17.7. The Kier molecular flexibility index (Phi) is 6.84. The summed E-state index contributed by atoms with van der Waals surface area (Å²) in [5.74, 6) is -0.00562. The number of nitrogens with zero attached hydrogens (tertiary/aromatic N) is 2. The maximum absolute atomic E-state index is 12.2. The summed E-state index contributed by atoms with van der Waals surface area (Å²) in [7, 11) is -3.82. The molecule has 1 aliphatic rings. The molecule has 0 saturated heterocycles. The van der Waals surface area contributed by atoms with Gasteiger partial charge in [-0.05, 0) is 11.0 Å². The van der Waals surface area contributed by atoms with Crippen LogP contribution in [-0.4, -0.2) is 35.9 Å². The SMILES string of the molecule is CCNS(=O)(=O)c1scc(NC2=NS(=O)N=C2N[C@@H](c2ccccc2)C(C)(C)C)c1O. The number of nitrogens with one attached hydrogen (secondary N) is 3. The molecule has 1 aliphatic heterocycles. The van der Waals surface area contributed by atoms with E-state index in [1.165, 1.54) is 5.38 Å². The fourth-order valence-corrected chi connectivity index (χ4v) is 5.96. The average molecular weight is 484 g/mol. The third-order valence-corrected chi connectivity index (χ3v) is 8.14. The summed E-state index contributed by atoms with van der Waals surface area (Å²) in [6.07, 6.45) is 0. The molecule has 0 saturated carbocycles. The van der Waals surface area contributed by atoms with Gasteiger partial charge in [0.1, 0.15) is 0 Å². The molecule has 2 atom stereocenters. The minimum atomic E-state index is -3.82. The second-order valence-corrected chi connectivity index (χ2v) is 11.5. The number of benzene rings is 1. The van der Waals surface area contributed by atoms with Gasteiger partial charge in [0.2, 0.25) is 0 Å². The van der Waals surface area contributed by atoms with Gasteiger partial charge in [0, 0.05) is 11.9 Å². The topological polar surface area (TPSA) is 132 Å². The Balaban J connectivity index is 1.87. The molecule has 0 bridgehead atoms. The number of hydrogen-bond donors (Lipinski definition) is 4. The predicted molar refractivity (Wildman–Crippen MR) is 125 cm³/mol. The van der Waals surface area contributed by atoms with Gasteiger partial charge in [-0.1, -0.05) is 58.0 Å². The minimum absolute atomic E-state index is 0.139. The highest BCUT2D eigenvalue weighted by Gasteiger charge is 2.31. The van der Waals surface area contributed by atoms with Crippen molar-refractivity contribution in [2.75, 3.05) is 11.9 Å². The number of thiophene rings is 1. The fraction of sp³-hybridized carbons (Fsp3) is 0.368. The smallest absolute Gasteiger partial charge is 0.269 e. The molecule has 9 nitrogen and oxygen atoms in total. The molecule has 4 N–H and O–H groups in total. The van der Waals surface area contributed by atoms with E-state index in [4.69, 9.17) is 0 Å². The number of anilines is 1. The summed E-state index contributed by atoms with van der Waals surface area (Å²) in [6.45, 7) is 8.05. The average Bonchev–Trinajstić information content (AvgIpc) is 3.22. The third-order valence-electron chi connectivity index (χ3n) is 4.41. The lowest BCUT2D eigenvalue weighted by molar-refractivity contribution is 0.303. The highest BCUT2D eigenvalue weighted by Crippen LogP contribution is 2.38. The van der Waals surface area contributed by atoms with Gasteiger partial charge in [-0.2, -0.15) is 0 Å². The quantitative estimate of drug-likeness (QED) is 0.499. The first-order chi connectivity index (χ1) is 14.5. The van der Waals surface area contributed by atoms with Crippen LogP contribution >= 0.6 is 11.3 Å². The second-order valence-electron chi connectivity index (χ2n) is 7.88. The molecule has 0 amide bonds. The van der Waals surface area contributed by atoms with E-state index in [9.17, 15) is 17.7 Å². The molecule has 31 heavy (non-hydrogen) atoms. The summed E-state index contributed by atoms with van der Waals surface area (Å²) in [5, 5.41) is 18.1. The number of aromatic hydroxyl groups is 1. The van der Waals surface area contributed by atoms with Gasteiger partial charge in [0.25, 0.3) is 21.2 Å². The molecular weight excluding hydrogens is 458 g/mol. The summed E-state index contributed by atoms with van der Waals surface area (Å²) >= 11 is -0.965. The van der Waals surface area contributed by atoms with E-state index in [1.807, 2.05) is 30.3 Å². The number of amidine groups is 2. The zero-order valence-electron chi connectivity index (χ0n) is 17.5. The number of hydrogen-bond acceptors (Lipinski definition) is 7. The third kappa shape index (κ3) is 5.32. The predicted octanol–water partition coefficient (Wildman–Crippen LogP) is 2.93. The van der Waals surface area contributed by atoms with Crippen LogP contribution in [0.2, 0.25) is 0 Å². The molecule has 12 heteroatoms. The molecule has 1 unspecified atom stereocenters. The molecule has 168 valence electrons. The molecule has 1 aromatic heterocycles. The largest absolute Gasteiger partial charge is 0.504 e. The first-order valence-corrected chi connectivity index (χ1v) is 12.9. The van der Waals surface area contributed by atoms with Crippen molar-refractivity contribution >= 4 is 49.9 Å². The summed E-state index contributed by atoms with van der Waals surface area (Å²) in [4.78, 5) is 0. The first kappa shape index (κ1) is 23.4. The Morgan fingerprint density at radius 3 is 2.42 bits per heavy atom. The fourth-order valence-electron chi connectivity index (χ4n) is 3.02. The maximum Gasteiger partial charge on any atom is 0.269 e. The zero-order valence-corrected chi connectivity index (χ0v) is 20.0. The van der Waals surface area contributed by atoms with Crippen molar-refractivity contribution in [1.29, 1.82) is 0 Å². The van der Waals surface area contributed by atoms with Crippen LogP contribution in [0.25, 0.3) is 0 Å². The monoisotopic (exact) mass is 483 g/mol. The van der Waals surface area contributed by atoms with Crippen molar-refractivity contribution < 1.29 is 17.7 Å². The first-order valence-electron chi connectivity index (χ1n) is 9.51. The molecule has 0 spiro atoms. The Hall–Kier alpha value is -2.28. The molecule has 3 rings (SSSR count). The summed E-state index contributed by atoms with van der Waals surface area (Å²) in [5.41, 5.74) is 0.948. The number of rotatable bonds is 6.